The maximum atomic E-state index is 5.73. The van der Waals surface area contributed by atoms with Gasteiger partial charge in [-0.3, -0.25) is 0 Å². The predicted octanol–water partition coefficient (Wildman–Crippen LogP) is 4.08. The zero-order chi connectivity index (χ0) is 9.68. The van der Waals surface area contributed by atoms with Crippen LogP contribution in [0.5, 0.6) is 0 Å². The van der Waals surface area contributed by atoms with Crippen molar-refractivity contribution in [2.75, 3.05) is 5.75 Å². The number of rotatable bonds is 5. The second kappa shape index (κ2) is 5.89. The largest absolute Gasteiger partial charge is 0.233 e. The summed E-state index contributed by atoms with van der Waals surface area (Å²) in [7, 11) is 0. The molecule has 0 amide bonds. The van der Waals surface area contributed by atoms with Crippen molar-refractivity contribution in [3.8, 4) is 0 Å². The van der Waals surface area contributed by atoms with Crippen LogP contribution in [0.1, 0.15) is 25.1 Å². The minimum atomic E-state index is 0.652. The van der Waals surface area contributed by atoms with Gasteiger partial charge in [0.2, 0.25) is 0 Å². The standard InChI is InChI=1S/C9H14ClNS2/c1-3-7(2)5-12-6-8-4-11-9(10)13-8/h4,7H,3,5-6H2,1-2H3. The molecule has 0 N–H and O–H groups in total. The molecule has 1 unspecified atom stereocenters. The summed E-state index contributed by atoms with van der Waals surface area (Å²) in [5, 5.41) is 0. The van der Waals surface area contributed by atoms with E-state index in [-0.39, 0.29) is 0 Å². The summed E-state index contributed by atoms with van der Waals surface area (Å²) in [5.74, 6) is 3.09. The van der Waals surface area contributed by atoms with E-state index in [0.717, 1.165) is 11.7 Å². The molecule has 0 spiro atoms. The van der Waals surface area contributed by atoms with Gasteiger partial charge in [0.1, 0.15) is 0 Å². The lowest BCUT2D eigenvalue weighted by molar-refractivity contribution is 0.637. The molecule has 0 saturated carbocycles. The molecule has 0 aliphatic heterocycles. The van der Waals surface area contributed by atoms with Gasteiger partial charge in [-0.15, -0.1) is 11.3 Å². The van der Waals surface area contributed by atoms with Gasteiger partial charge in [0.25, 0.3) is 0 Å². The highest BCUT2D eigenvalue weighted by molar-refractivity contribution is 7.98. The van der Waals surface area contributed by atoms with Crippen LogP contribution in [-0.4, -0.2) is 10.7 Å². The van der Waals surface area contributed by atoms with Gasteiger partial charge in [0, 0.05) is 16.8 Å². The Morgan fingerprint density at radius 2 is 2.46 bits per heavy atom. The average Bonchev–Trinajstić information content (AvgIpc) is 2.51. The predicted molar refractivity (Wildman–Crippen MR) is 62.7 cm³/mol. The highest BCUT2D eigenvalue weighted by Gasteiger charge is 2.02. The molecule has 0 fully saturated rings. The Morgan fingerprint density at radius 1 is 1.69 bits per heavy atom. The van der Waals surface area contributed by atoms with E-state index in [4.69, 9.17) is 11.6 Å². The number of hydrogen-bond acceptors (Lipinski definition) is 3. The first kappa shape index (κ1) is 11.3. The third kappa shape index (κ3) is 4.34. The topological polar surface area (TPSA) is 12.9 Å². The SMILES string of the molecule is CCC(C)CSCc1cnc(Cl)s1. The Kier molecular flexibility index (Phi) is 5.14. The Balaban J connectivity index is 2.20. The maximum Gasteiger partial charge on any atom is 0.183 e. The molecule has 74 valence electrons. The molecule has 1 aromatic rings. The molecular formula is C9H14ClNS2. The van der Waals surface area contributed by atoms with Crippen molar-refractivity contribution in [2.45, 2.75) is 26.0 Å². The smallest absolute Gasteiger partial charge is 0.183 e. The second-order valence-electron chi connectivity index (χ2n) is 3.11. The molecule has 4 heteroatoms. The molecule has 0 aliphatic carbocycles. The van der Waals surface area contributed by atoms with Crippen LogP contribution in [0.4, 0.5) is 0 Å². The summed E-state index contributed by atoms with van der Waals surface area (Å²) in [6.07, 6.45) is 3.13. The van der Waals surface area contributed by atoms with Gasteiger partial charge in [0.15, 0.2) is 4.47 Å². The fourth-order valence-corrected chi connectivity index (χ4v) is 3.12. The number of aromatic nitrogens is 1. The van der Waals surface area contributed by atoms with E-state index in [9.17, 15) is 0 Å². The van der Waals surface area contributed by atoms with Gasteiger partial charge >= 0.3 is 0 Å². The van der Waals surface area contributed by atoms with E-state index in [2.05, 4.69) is 18.8 Å². The minimum absolute atomic E-state index is 0.652. The van der Waals surface area contributed by atoms with Crippen molar-refractivity contribution in [3.05, 3.63) is 15.5 Å². The van der Waals surface area contributed by atoms with Crippen molar-refractivity contribution >= 4 is 34.7 Å². The number of thioether (sulfide) groups is 1. The molecule has 1 aromatic heterocycles. The minimum Gasteiger partial charge on any atom is -0.233 e. The van der Waals surface area contributed by atoms with Gasteiger partial charge in [-0.2, -0.15) is 11.8 Å². The molecule has 0 aromatic carbocycles. The van der Waals surface area contributed by atoms with E-state index < -0.39 is 0 Å². The van der Waals surface area contributed by atoms with E-state index in [1.807, 2.05) is 18.0 Å². The highest BCUT2D eigenvalue weighted by atomic mass is 35.5. The lowest BCUT2D eigenvalue weighted by atomic mass is 10.2. The molecule has 1 heterocycles. The quantitative estimate of drug-likeness (QED) is 0.763. The van der Waals surface area contributed by atoms with Crippen LogP contribution >= 0.6 is 34.7 Å². The van der Waals surface area contributed by atoms with Crippen molar-refractivity contribution in [1.29, 1.82) is 0 Å². The van der Waals surface area contributed by atoms with Gasteiger partial charge in [0.05, 0.1) is 0 Å². The molecular weight excluding hydrogens is 222 g/mol. The van der Waals surface area contributed by atoms with Gasteiger partial charge in [-0.1, -0.05) is 31.9 Å². The third-order valence-electron chi connectivity index (χ3n) is 1.87. The van der Waals surface area contributed by atoms with Crippen LogP contribution in [0.15, 0.2) is 6.20 Å². The summed E-state index contributed by atoms with van der Waals surface area (Å²) in [6, 6.07) is 0. The molecule has 13 heavy (non-hydrogen) atoms. The first-order chi connectivity index (χ1) is 6.22. The van der Waals surface area contributed by atoms with Crippen molar-refractivity contribution in [2.24, 2.45) is 5.92 Å². The van der Waals surface area contributed by atoms with E-state index >= 15 is 0 Å². The van der Waals surface area contributed by atoms with Crippen molar-refractivity contribution in [3.63, 3.8) is 0 Å². The number of nitrogens with zero attached hydrogens (tertiary/aromatic N) is 1. The number of halogens is 1. The Morgan fingerprint density at radius 3 is 3.00 bits per heavy atom. The van der Waals surface area contributed by atoms with Crippen LogP contribution in [-0.2, 0) is 5.75 Å². The van der Waals surface area contributed by atoms with Crippen LogP contribution in [0.3, 0.4) is 0 Å². The summed E-state index contributed by atoms with van der Waals surface area (Å²) >= 11 is 9.27. The van der Waals surface area contributed by atoms with Gasteiger partial charge < -0.3 is 0 Å². The Hall–Kier alpha value is 0.270. The summed E-state index contributed by atoms with van der Waals surface area (Å²) in [6.45, 7) is 4.52. The zero-order valence-electron chi connectivity index (χ0n) is 7.92. The molecule has 0 saturated heterocycles. The molecule has 1 nitrogen and oxygen atoms in total. The number of hydrogen-bond donors (Lipinski definition) is 0. The van der Waals surface area contributed by atoms with Crippen LogP contribution in [0, 0.1) is 5.92 Å². The van der Waals surface area contributed by atoms with Crippen molar-refractivity contribution in [1.82, 2.24) is 4.98 Å². The molecule has 1 rings (SSSR count). The lowest BCUT2D eigenvalue weighted by Gasteiger charge is -2.05. The molecule has 1 atom stereocenters. The Labute approximate surface area is 92.9 Å². The summed E-state index contributed by atoms with van der Waals surface area (Å²) in [5.41, 5.74) is 0. The summed E-state index contributed by atoms with van der Waals surface area (Å²) in [4.78, 5) is 5.28. The van der Waals surface area contributed by atoms with Crippen LogP contribution in [0.2, 0.25) is 4.47 Å². The van der Waals surface area contributed by atoms with Crippen LogP contribution < -0.4 is 0 Å². The molecule has 0 aliphatic rings. The normalized spacial score (nSPS) is 13.2. The molecule has 0 radical (unpaired) electrons. The van der Waals surface area contributed by atoms with E-state index in [1.165, 1.54) is 17.1 Å². The average molecular weight is 236 g/mol. The van der Waals surface area contributed by atoms with E-state index in [0.29, 0.717) is 4.47 Å². The van der Waals surface area contributed by atoms with Gasteiger partial charge in [-0.05, 0) is 11.7 Å². The monoisotopic (exact) mass is 235 g/mol. The molecule has 0 bridgehead atoms. The fraction of sp³-hybridized carbons (Fsp3) is 0.667. The Bertz CT molecular complexity index is 250. The van der Waals surface area contributed by atoms with Crippen molar-refractivity contribution < 1.29 is 0 Å². The van der Waals surface area contributed by atoms with Gasteiger partial charge in [-0.25, -0.2) is 4.98 Å². The number of thiazole rings is 1. The fourth-order valence-electron chi connectivity index (χ4n) is 0.829. The highest BCUT2D eigenvalue weighted by Crippen LogP contribution is 2.23. The van der Waals surface area contributed by atoms with E-state index in [1.54, 1.807) is 11.3 Å². The first-order valence-corrected chi connectivity index (χ1v) is 6.75. The first-order valence-electron chi connectivity index (χ1n) is 4.40. The third-order valence-corrected chi connectivity index (χ3v) is 4.49. The summed E-state index contributed by atoms with van der Waals surface area (Å²) < 4.78 is 0.652. The second-order valence-corrected chi connectivity index (χ2v) is 5.84. The maximum absolute atomic E-state index is 5.73. The lowest BCUT2D eigenvalue weighted by Crippen LogP contribution is -1.95. The van der Waals surface area contributed by atoms with Crippen LogP contribution in [0.25, 0.3) is 0 Å². The zero-order valence-corrected chi connectivity index (χ0v) is 10.3.